The minimum Gasteiger partial charge on any atom is -0.377 e. The van der Waals surface area contributed by atoms with Crippen LogP contribution >= 0.6 is 0 Å². The van der Waals surface area contributed by atoms with Crippen molar-refractivity contribution in [3.05, 3.63) is 65.9 Å². The van der Waals surface area contributed by atoms with Gasteiger partial charge in [0.05, 0.1) is 5.69 Å². The van der Waals surface area contributed by atoms with Crippen molar-refractivity contribution in [3.63, 3.8) is 0 Å². The molecular formula is C18H21N5O. The first-order valence-electron chi connectivity index (χ1n) is 7.81. The third-order valence-corrected chi connectivity index (χ3v) is 3.63. The number of aromatic amines is 1. The quantitative estimate of drug-likeness (QED) is 0.724. The van der Waals surface area contributed by atoms with Crippen LogP contribution in [0.25, 0.3) is 11.3 Å². The molecule has 0 fully saturated rings. The Labute approximate surface area is 141 Å². The Bertz CT molecular complexity index is 755. The van der Waals surface area contributed by atoms with Gasteiger partial charge in [0, 0.05) is 49.4 Å². The molecule has 0 aliphatic rings. The predicted molar refractivity (Wildman–Crippen MR) is 91.9 cm³/mol. The van der Waals surface area contributed by atoms with Gasteiger partial charge in [-0.1, -0.05) is 30.3 Å². The second-order valence-corrected chi connectivity index (χ2v) is 5.76. The van der Waals surface area contributed by atoms with Crippen LogP contribution in [0.4, 0.5) is 0 Å². The molecule has 6 heteroatoms. The van der Waals surface area contributed by atoms with Crippen LogP contribution in [0.2, 0.25) is 0 Å². The lowest BCUT2D eigenvalue weighted by atomic mass is 10.1. The van der Waals surface area contributed by atoms with E-state index < -0.39 is 0 Å². The lowest BCUT2D eigenvalue weighted by molar-refractivity contribution is 0.177. The van der Waals surface area contributed by atoms with Crippen molar-refractivity contribution in [2.24, 2.45) is 0 Å². The highest BCUT2D eigenvalue weighted by atomic mass is 16.5. The van der Waals surface area contributed by atoms with E-state index in [1.54, 1.807) is 7.11 Å². The standard InChI is InChI=1S/C18H21N5O/c1-23(11-14-9-19-18(13-24-2)20-10-14)12-16-8-17(22-21-16)15-6-4-3-5-7-15/h3-10H,11-13H2,1-2H3,(H,21,22). The Morgan fingerprint density at radius 1 is 1.08 bits per heavy atom. The maximum Gasteiger partial charge on any atom is 0.153 e. The predicted octanol–water partition coefficient (Wildman–Crippen LogP) is 2.65. The Morgan fingerprint density at radius 3 is 2.54 bits per heavy atom. The molecule has 0 bridgehead atoms. The molecule has 3 aromatic rings. The van der Waals surface area contributed by atoms with E-state index in [0.29, 0.717) is 12.4 Å². The molecule has 0 spiro atoms. The summed E-state index contributed by atoms with van der Waals surface area (Å²) < 4.78 is 5.02. The number of hydrogen-bond donors (Lipinski definition) is 1. The summed E-state index contributed by atoms with van der Waals surface area (Å²) >= 11 is 0. The molecule has 0 saturated heterocycles. The van der Waals surface area contributed by atoms with Gasteiger partial charge in [-0.25, -0.2) is 9.97 Å². The summed E-state index contributed by atoms with van der Waals surface area (Å²) in [7, 11) is 3.70. The van der Waals surface area contributed by atoms with Crippen LogP contribution in [0.15, 0.2) is 48.8 Å². The molecule has 0 saturated carbocycles. The van der Waals surface area contributed by atoms with Gasteiger partial charge in [-0.3, -0.25) is 10.00 Å². The number of rotatable bonds is 7. The van der Waals surface area contributed by atoms with Gasteiger partial charge in [0.15, 0.2) is 5.82 Å². The van der Waals surface area contributed by atoms with Crippen molar-refractivity contribution in [3.8, 4) is 11.3 Å². The number of aromatic nitrogens is 4. The van der Waals surface area contributed by atoms with Gasteiger partial charge in [-0.2, -0.15) is 5.10 Å². The highest BCUT2D eigenvalue weighted by Crippen LogP contribution is 2.17. The molecule has 0 radical (unpaired) electrons. The van der Waals surface area contributed by atoms with Crippen LogP contribution in [0, 0.1) is 0 Å². The maximum atomic E-state index is 5.02. The van der Waals surface area contributed by atoms with Crippen molar-refractivity contribution in [2.45, 2.75) is 19.7 Å². The largest absolute Gasteiger partial charge is 0.377 e. The summed E-state index contributed by atoms with van der Waals surface area (Å²) in [6.45, 7) is 1.99. The molecule has 6 nitrogen and oxygen atoms in total. The molecule has 0 unspecified atom stereocenters. The van der Waals surface area contributed by atoms with Crippen LogP contribution in [0.5, 0.6) is 0 Å². The third kappa shape index (κ3) is 4.24. The van der Waals surface area contributed by atoms with E-state index in [4.69, 9.17) is 4.74 Å². The number of nitrogens with zero attached hydrogens (tertiary/aromatic N) is 4. The number of hydrogen-bond acceptors (Lipinski definition) is 5. The van der Waals surface area contributed by atoms with E-state index in [1.807, 2.05) is 30.6 Å². The topological polar surface area (TPSA) is 66.9 Å². The van der Waals surface area contributed by atoms with E-state index in [-0.39, 0.29) is 0 Å². The second kappa shape index (κ2) is 7.81. The van der Waals surface area contributed by atoms with Crippen molar-refractivity contribution < 1.29 is 4.74 Å². The highest BCUT2D eigenvalue weighted by Gasteiger charge is 2.07. The van der Waals surface area contributed by atoms with Crippen LogP contribution in [-0.4, -0.2) is 39.2 Å². The van der Waals surface area contributed by atoms with E-state index in [1.165, 1.54) is 0 Å². The molecule has 2 aromatic heterocycles. The molecule has 24 heavy (non-hydrogen) atoms. The third-order valence-electron chi connectivity index (χ3n) is 3.63. The summed E-state index contributed by atoms with van der Waals surface area (Å²) in [6, 6.07) is 12.2. The summed E-state index contributed by atoms with van der Waals surface area (Å²) in [5.41, 5.74) is 4.23. The lowest BCUT2D eigenvalue weighted by Crippen LogP contribution is -2.18. The van der Waals surface area contributed by atoms with Gasteiger partial charge in [-0.15, -0.1) is 0 Å². The van der Waals surface area contributed by atoms with Crippen molar-refractivity contribution >= 4 is 0 Å². The van der Waals surface area contributed by atoms with Crippen molar-refractivity contribution in [1.82, 2.24) is 25.1 Å². The highest BCUT2D eigenvalue weighted by molar-refractivity contribution is 5.58. The summed E-state index contributed by atoms with van der Waals surface area (Å²) in [4.78, 5) is 10.8. The SMILES string of the molecule is COCc1ncc(CN(C)Cc2cc(-c3ccccc3)n[nH]2)cn1. The average Bonchev–Trinajstić information content (AvgIpc) is 3.06. The molecule has 0 atom stereocenters. The van der Waals surface area contributed by atoms with Gasteiger partial charge in [-0.05, 0) is 13.1 Å². The molecule has 1 N–H and O–H groups in total. The van der Waals surface area contributed by atoms with E-state index in [9.17, 15) is 0 Å². The summed E-state index contributed by atoms with van der Waals surface area (Å²) in [5.74, 6) is 0.699. The lowest BCUT2D eigenvalue weighted by Gasteiger charge is -2.15. The first kappa shape index (κ1) is 16.3. The Morgan fingerprint density at radius 2 is 1.83 bits per heavy atom. The fourth-order valence-corrected chi connectivity index (χ4v) is 2.52. The van der Waals surface area contributed by atoms with E-state index in [2.05, 4.69) is 50.3 Å². The van der Waals surface area contributed by atoms with E-state index in [0.717, 1.165) is 35.6 Å². The minimum atomic E-state index is 0.437. The minimum absolute atomic E-state index is 0.437. The molecule has 0 aliphatic carbocycles. The van der Waals surface area contributed by atoms with Gasteiger partial charge in [0.25, 0.3) is 0 Å². The Kier molecular flexibility index (Phi) is 5.30. The molecule has 0 aliphatic heterocycles. The van der Waals surface area contributed by atoms with Crippen LogP contribution < -0.4 is 0 Å². The number of ether oxygens (including phenoxy) is 1. The molecule has 124 valence electrons. The van der Waals surface area contributed by atoms with Crippen molar-refractivity contribution in [1.29, 1.82) is 0 Å². The molecule has 2 heterocycles. The smallest absolute Gasteiger partial charge is 0.153 e. The molecule has 3 rings (SSSR count). The summed E-state index contributed by atoms with van der Waals surface area (Å²) in [5, 5.41) is 7.50. The average molecular weight is 323 g/mol. The second-order valence-electron chi connectivity index (χ2n) is 5.76. The van der Waals surface area contributed by atoms with Crippen molar-refractivity contribution in [2.75, 3.05) is 14.2 Å². The van der Waals surface area contributed by atoms with Crippen LogP contribution in [0.3, 0.4) is 0 Å². The zero-order valence-electron chi connectivity index (χ0n) is 13.9. The maximum absolute atomic E-state index is 5.02. The number of methoxy groups -OCH3 is 1. The fraction of sp³-hybridized carbons (Fsp3) is 0.278. The zero-order chi connectivity index (χ0) is 16.8. The number of benzene rings is 1. The van der Waals surface area contributed by atoms with Crippen LogP contribution in [0.1, 0.15) is 17.1 Å². The first-order chi connectivity index (χ1) is 11.7. The molecule has 0 amide bonds. The summed E-state index contributed by atoms with van der Waals surface area (Å²) in [6.07, 6.45) is 3.69. The van der Waals surface area contributed by atoms with Gasteiger partial charge in [0.1, 0.15) is 6.61 Å². The Hall–Kier alpha value is -2.57. The number of nitrogens with one attached hydrogen (secondary N) is 1. The monoisotopic (exact) mass is 323 g/mol. The van der Waals surface area contributed by atoms with Gasteiger partial charge in [0.2, 0.25) is 0 Å². The fourth-order valence-electron chi connectivity index (χ4n) is 2.52. The van der Waals surface area contributed by atoms with E-state index >= 15 is 0 Å². The normalized spacial score (nSPS) is 11.1. The van der Waals surface area contributed by atoms with Gasteiger partial charge < -0.3 is 4.74 Å². The first-order valence-corrected chi connectivity index (χ1v) is 7.81. The zero-order valence-corrected chi connectivity index (χ0v) is 13.9. The number of H-pyrrole nitrogens is 1. The van der Waals surface area contributed by atoms with Gasteiger partial charge >= 0.3 is 0 Å². The van der Waals surface area contributed by atoms with Crippen LogP contribution in [-0.2, 0) is 24.4 Å². The molecule has 1 aromatic carbocycles. The molecular weight excluding hydrogens is 302 g/mol. The Balaban J connectivity index is 1.59.